The Balaban J connectivity index is 1.36. The summed E-state index contributed by atoms with van der Waals surface area (Å²) in [4.78, 5) is 16.1. The van der Waals surface area contributed by atoms with Crippen LogP contribution in [0.1, 0.15) is 30.4 Å². The summed E-state index contributed by atoms with van der Waals surface area (Å²) in [5.41, 5.74) is 2.87. The van der Waals surface area contributed by atoms with Crippen LogP contribution in [0.15, 0.2) is 48.8 Å². The van der Waals surface area contributed by atoms with E-state index < -0.39 is 0 Å². The molecule has 1 aliphatic carbocycles. The third kappa shape index (κ3) is 3.88. The fourth-order valence-electron chi connectivity index (χ4n) is 3.20. The molecule has 4 rings (SSSR count). The van der Waals surface area contributed by atoms with Crippen molar-refractivity contribution in [3.63, 3.8) is 0 Å². The van der Waals surface area contributed by atoms with E-state index in [0.29, 0.717) is 29.9 Å². The van der Waals surface area contributed by atoms with Crippen molar-refractivity contribution in [2.24, 2.45) is 5.92 Å². The van der Waals surface area contributed by atoms with E-state index in [4.69, 9.17) is 9.47 Å². The van der Waals surface area contributed by atoms with E-state index in [1.54, 1.807) is 25.4 Å². The lowest BCUT2D eigenvalue weighted by Gasteiger charge is -2.09. The summed E-state index contributed by atoms with van der Waals surface area (Å²) in [6, 6.07) is 10.5. The quantitative estimate of drug-likeness (QED) is 0.629. The van der Waals surface area contributed by atoms with Crippen LogP contribution in [0.4, 0.5) is 4.39 Å². The van der Waals surface area contributed by atoms with Gasteiger partial charge in [-0.15, -0.1) is 0 Å². The molecule has 1 saturated carbocycles. The molecule has 1 fully saturated rings. The Morgan fingerprint density at radius 3 is 2.86 bits per heavy atom. The SMILES string of the molecule is CCOC(=O)C1CC1c1ccc(COc2ccc(-c3ccn[nH]3)nc2)cc1F. The summed E-state index contributed by atoms with van der Waals surface area (Å²) in [5.74, 6) is -0.280. The number of rotatable bonds is 7. The molecule has 2 unspecified atom stereocenters. The van der Waals surface area contributed by atoms with Crippen molar-refractivity contribution >= 4 is 5.97 Å². The van der Waals surface area contributed by atoms with Crippen LogP contribution in [0.2, 0.25) is 0 Å². The molecule has 1 aromatic carbocycles. The number of pyridine rings is 1. The summed E-state index contributed by atoms with van der Waals surface area (Å²) in [5, 5.41) is 6.74. The molecule has 0 spiro atoms. The number of benzene rings is 1. The van der Waals surface area contributed by atoms with E-state index >= 15 is 0 Å². The van der Waals surface area contributed by atoms with Crippen LogP contribution in [0.25, 0.3) is 11.4 Å². The van der Waals surface area contributed by atoms with Crippen LogP contribution in [0, 0.1) is 11.7 Å². The van der Waals surface area contributed by atoms with Gasteiger partial charge >= 0.3 is 5.97 Å². The molecular formula is C21H20FN3O3. The first kappa shape index (κ1) is 18.2. The van der Waals surface area contributed by atoms with Crippen molar-refractivity contribution in [1.82, 2.24) is 15.2 Å². The maximum absolute atomic E-state index is 14.5. The minimum atomic E-state index is -0.314. The second kappa shape index (κ2) is 7.80. The molecule has 3 aromatic rings. The molecule has 0 bridgehead atoms. The van der Waals surface area contributed by atoms with Crippen LogP contribution < -0.4 is 4.74 Å². The van der Waals surface area contributed by atoms with Crippen LogP contribution in [0.5, 0.6) is 5.75 Å². The number of carbonyl (C=O) groups excluding carboxylic acids is 1. The predicted molar refractivity (Wildman–Crippen MR) is 100 cm³/mol. The van der Waals surface area contributed by atoms with Gasteiger partial charge in [0.1, 0.15) is 18.2 Å². The largest absolute Gasteiger partial charge is 0.487 e. The van der Waals surface area contributed by atoms with E-state index in [1.807, 2.05) is 24.3 Å². The standard InChI is InChI=1S/C21H20FN3O3/c1-2-27-21(26)17-10-16(17)15-5-3-13(9-18(15)22)12-28-14-4-6-19(23-11-14)20-7-8-24-25-20/h3-9,11,16-17H,2,10,12H2,1H3,(H,24,25). The highest BCUT2D eigenvalue weighted by atomic mass is 19.1. The van der Waals surface area contributed by atoms with Crippen LogP contribution in [0.3, 0.4) is 0 Å². The molecule has 0 radical (unpaired) electrons. The van der Waals surface area contributed by atoms with Gasteiger partial charge in [0.25, 0.3) is 0 Å². The van der Waals surface area contributed by atoms with E-state index in [-0.39, 0.29) is 30.2 Å². The average Bonchev–Trinajstić information content (AvgIpc) is 3.30. The number of H-pyrrole nitrogens is 1. The van der Waals surface area contributed by atoms with E-state index in [9.17, 15) is 9.18 Å². The summed E-state index contributed by atoms with van der Waals surface area (Å²) in [6.45, 7) is 2.35. The normalized spacial score (nSPS) is 17.9. The Kier molecular flexibility index (Phi) is 5.06. The molecule has 2 heterocycles. The third-order valence-corrected chi connectivity index (χ3v) is 4.76. The smallest absolute Gasteiger partial charge is 0.309 e. The van der Waals surface area contributed by atoms with Gasteiger partial charge in [-0.3, -0.25) is 14.9 Å². The zero-order chi connectivity index (χ0) is 19.5. The lowest BCUT2D eigenvalue weighted by Crippen LogP contribution is -2.07. The summed E-state index contributed by atoms with van der Waals surface area (Å²) >= 11 is 0. The maximum Gasteiger partial charge on any atom is 0.309 e. The van der Waals surface area contributed by atoms with Gasteiger partial charge in [0, 0.05) is 12.1 Å². The Morgan fingerprint density at radius 1 is 1.29 bits per heavy atom. The highest BCUT2D eigenvalue weighted by Gasteiger charge is 2.46. The second-order valence-electron chi connectivity index (χ2n) is 6.69. The van der Waals surface area contributed by atoms with Crippen LogP contribution >= 0.6 is 0 Å². The topological polar surface area (TPSA) is 77.1 Å². The summed E-state index contributed by atoms with van der Waals surface area (Å²) in [7, 11) is 0. The zero-order valence-electron chi connectivity index (χ0n) is 15.4. The number of aromatic amines is 1. The monoisotopic (exact) mass is 381 g/mol. The molecule has 2 aromatic heterocycles. The number of hydrogen-bond donors (Lipinski definition) is 1. The summed E-state index contributed by atoms with van der Waals surface area (Å²) in [6.07, 6.45) is 3.92. The zero-order valence-corrected chi connectivity index (χ0v) is 15.4. The molecule has 28 heavy (non-hydrogen) atoms. The molecule has 1 aliphatic rings. The number of halogens is 1. The minimum absolute atomic E-state index is 0.0896. The lowest BCUT2D eigenvalue weighted by molar-refractivity contribution is -0.144. The van der Waals surface area contributed by atoms with E-state index in [2.05, 4.69) is 15.2 Å². The third-order valence-electron chi connectivity index (χ3n) is 4.76. The number of ether oxygens (including phenoxy) is 2. The van der Waals surface area contributed by atoms with Crippen LogP contribution in [-0.2, 0) is 16.1 Å². The summed E-state index contributed by atoms with van der Waals surface area (Å²) < 4.78 is 25.2. The first-order chi connectivity index (χ1) is 13.7. The van der Waals surface area contributed by atoms with Crippen molar-refractivity contribution in [2.75, 3.05) is 6.61 Å². The van der Waals surface area contributed by atoms with Crippen molar-refractivity contribution in [1.29, 1.82) is 0 Å². The minimum Gasteiger partial charge on any atom is -0.487 e. The van der Waals surface area contributed by atoms with Gasteiger partial charge in [-0.1, -0.05) is 12.1 Å². The molecule has 7 heteroatoms. The number of carbonyl (C=O) groups is 1. The van der Waals surface area contributed by atoms with Crippen molar-refractivity contribution < 1.29 is 18.7 Å². The van der Waals surface area contributed by atoms with Crippen molar-refractivity contribution in [3.8, 4) is 17.1 Å². The molecule has 0 saturated heterocycles. The van der Waals surface area contributed by atoms with E-state index in [0.717, 1.165) is 11.4 Å². The highest BCUT2D eigenvalue weighted by Crippen LogP contribution is 2.49. The lowest BCUT2D eigenvalue weighted by atomic mass is 10.1. The van der Waals surface area contributed by atoms with Gasteiger partial charge in [-0.05, 0) is 48.7 Å². The van der Waals surface area contributed by atoms with Gasteiger partial charge in [0.2, 0.25) is 0 Å². The van der Waals surface area contributed by atoms with Gasteiger partial charge in [-0.25, -0.2) is 4.39 Å². The van der Waals surface area contributed by atoms with Gasteiger partial charge in [-0.2, -0.15) is 5.10 Å². The van der Waals surface area contributed by atoms with Crippen LogP contribution in [-0.4, -0.2) is 27.8 Å². The maximum atomic E-state index is 14.5. The Labute approximate surface area is 161 Å². The first-order valence-electron chi connectivity index (χ1n) is 9.19. The van der Waals surface area contributed by atoms with E-state index in [1.165, 1.54) is 6.07 Å². The molecule has 0 aliphatic heterocycles. The Bertz CT molecular complexity index is 958. The highest BCUT2D eigenvalue weighted by molar-refractivity contribution is 5.77. The fourth-order valence-corrected chi connectivity index (χ4v) is 3.20. The molecule has 2 atom stereocenters. The first-order valence-corrected chi connectivity index (χ1v) is 9.19. The molecular weight excluding hydrogens is 361 g/mol. The van der Waals surface area contributed by atoms with Gasteiger partial charge in [0.05, 0.1) is 30.1 Å². The van der Waals surface area contributed by atoms with Gasteiger partial charge in [0.15, 0.2) is 0 Å². The number of aromatic nitrogens is 3. The molecule has 144 valence electrons. The second-order valence-corrected chi connectivity index (χ2v) is 6.69. The Morgan fingerprint density at radius 2 is 2.18 bits per heavy atom. The fraction of sp³-hybridized carbons (Fsp3) is 0.286. The average molecular weight is 381 g/mol. The van der Waals surface area contributed by atoms with Gasteiger partial charge < -0.3 is 9.47 Å². The van der Waals surface area contributed by atoms with Crippen molar-refractivity contribution in [3.05, 3.63) is 65.7 Å². The molecule has 6 nitrogen and oxygen atoms in total. The number of nitrogens with zero attached hydrogens (tertiary/aromatic N) is 2. The number of hydrogen-bond acceptors (Lipinski definition) is 5. The van der Waals surface area contributed by atoms with Crippen molar-refractivity contribution in [2.45, 2.75) is 25.9 Å². The number of nitrogens with one attached hydrogen (secondary N) is 1. The molecule has 0 amide bonds. The Hall–Kier alpha value is -3.22. The predicted octanol–water partition coefficient (Wildman–Crippen LogP) is 3.86. The number of esters is 1. The molecule has 1 N–H and O–H groups in total.